The van der Waals surface area contributed by atoms with Gasteiger partial charge in [0.1, 0.15) is 11.6 Å². The molecule has 0 spiro atoms. The van der Waals surface area contributed by atoms with Crippen LogP contribution in [0.2, 0.25) is 0 Å². The SMILES string of the molecule is Cc1nc(C)n(CCS(=O)(=O)c2ccc(C#N)cc2)n1. The van der Waals surface area contributed by atoms with Gasteiger partial charge in [0, 0.05) is 0 Å². The largest absolute Gasteiger partial charge is 0.249 e. The van der Waals surface area contributed by atoms with Gasteiger partial charge in [-0.2, -0.15) is 10.4 Å². The van der Waals surface area contributed by atoms with Crippen LogP contribution < -0.4 is 0 Å². The molecule has 0 saturated heterocycles. The first-order valence-corrected chi connectivity index (χ1v) is 7.68. The smallest absolute Gasteiger partial charge is 0.180 e. The van der Waals surface area contributed by atoms with Crippen LogP contribution in [0, 0.1) is 25.2 Å². The number of hydrogen-bond acceptors (Lipinski definition) is 5. The minimum atomic E-state index is -3.39. The van der Waals surface area contributed by atoms with Crippen LogP contribution >= 0.6 is 0 Å². The highest BCUT2D eigenvalue weighted by Crippen LogP contribution is 2.13. The summed E-state index contributed by atoms with van der Waals surface area (Å²) in [5.74, 6) is 1.26. The fourth-order valence-corrected chi connectivity index (χ4v) is 3.03. The second-order valence-electron chi connectivity index (χ2n) is 4.38. The van der Waals surface area contributed by atoms with E-state index in [1.807, 2.05) is 6.07 Å². The summed E-state index contributed by atoms with van der Waals surface area (Å²) < 4.78 is 25.9. The van der Waals surface area contributed by atoms with E-state index < -0.39 is 9.84 Å². The van der Waals surface area contributed by atoms with Crippen LogP contribution in [0.5, 0.6) is 0 Å². The van der Waals surface area contributed by atoms with Crippen molar-refractivity contribution in [1.82, 2.24) is 14.8 Å². The molecule has 0 bridgehead atoms. The number of benzene rings is 1. The maximum Gasteiger partial charge on any atom is 0.180 e. The fraction of sp³-hybridized carbons (Fsp3) is 0.308. The van der Waals surface area contributed by atoms with E-state index >= 15 is 0 Å². The molecule has 0 radical (unpaired) electrons. The van der Waals surface area contributed by atoms with Crippen LogP contribution in [0.1, 0.15) is 17.2 Å². The third-order valence-corrected chi connectivity index (χ3v) is 4.59. The highest BCUT2D eigenvalue weighted by molar-refractivity contribution is 7.91. The minimum absolute atomic E-state index is 0.0530. The summed E-state index contributed by atoms with van der Waals surface area (Å²) in [6.07, 6.45) is 0. The van der Waals surface area contributed by atoms with Crippen LogP contribution in [0.15, 0.2) is 29.2 Å². The zero-order valence-corrected chi connectivity index (χ0v) is 12.1. The van der Waals surface area contributed by atoms with Crippen molar-refractivity contribution in [3.63, 3.8) is 0 Å². The number of nitriles is 1. The number of hydrogen-bond donors (Lipinski definition) is 0. The predicted octanol–water partition coefficient (Wildman–Crippen LogP) is 1.24. The molecule has 6 nitrogen and oxygen atoms in total. The van der Waals surface area contributed by atoms with Crippen LogP contribution in [0.25, 0.3) is 0 Å². The Kier molecular flexibility index (Phi) is 3.86. The minimum Gasteiger partial charge on any atom is -0.249 e. The van der Waals surface area contributed by atoms with Crippen molar-refractivity contribution in [2.24, 2.45) is 0 Å². The average Bonchev–Trinajstić information content (AvgIpc) is 2.75. The monoisotopic (exact) mass is 290 g/mol. The van der Waals surface area contributed by atoms with Gasteiger partial charge in [0.2, 0.25) is 0 Å². The van der Waals surface area contributed by atoms with E-state index in [1.165, 1.54) is 24.3 Å². The van der Waals surface area contributed by atoms with Crippen molar-refractivity contribution in [1.29, 1.82) is 5.26 Å². The van der Waals surface area contributed by atoms with Crippen molar-refractivity contribution in [2.75, 3.05) is 5.75 Å². The molecule has 2 rings (SSSR count). The lowest BCUT2D eigenvalue weighted by atomic mass is 10.2. The lowest BCUT2D eigenvalue weighted by molar-refractivity contribution is 0.575. The molecule has 7 heteroatoms. The molecule has 1 aromatic heterocycles. The number of aromatic nitrogens is 3. The molecular weight excluding hydrogens is 276 g/mol. The van der Waals surface area contributed by atoms with Crippen molar-refractivity contribution in [3.05, 3.63) is 41.5 Å². The molecular formula is C13H14N4O2S. The van der Waals surface area contributed by atoms with Crippen molar-refractivity contribution in [3.8, 4) is 6.07 Å². The van der Waals surface area contributed by atoms with Gasteiger partial charge in [0.05, 0.1) is 28.8 Å². The van der Waals surface area contributed by atoms with Gasteiger partial charge in [0.15, 0.2) is 9.84 Å². The summed E-state index contributed by atoms with van der Waals surface area (Å²) in [4.78, 5) is 4.34. The van der Waals surface area contributed by atoms with E-state index in [-0.39, 0.29) is 17.2 Å². The zero-order valence-electron chi connectivity index (χ0n) is 11.2. The van der Waals surface area contributed by atoms with E-state index in [4.69, 9.17) is 5.26 Å². The molecule has 0 saturated carbocycles. The van der Waals surface area contributed by atoms with Crippen LogP contribution in [0.4, 0.5) is 0 Å². The number of aryl methyl sites for hydroxylation is 3. The van der Waals surface area contributed by atoms with Gasteiger partial charge < -0.3 is 0 Å². The molecule has 1 aromatic carbocycles. The summed E-state index contributed by atoms with van der Waals surface area (Å²) in [5.41, 5.74) is 0.437. The van der Waals surface area contributed by atoms with Gasteiger partial charge in [0.25, 0.3) is 0 Å². The average molecular weight is 290 g/mol. The highest BCUT2D eigenvalue weighted by atomic mass is 32.2. The Labute approximate surface area is 117 Å². The van der Waals surface area contributed by atoms with Gasteiger partial charge in [-0.25, -0.2) is 18.1 Å². The fourth-order valence-electron chi connectivity index (χ4n) is 1.83. The first-order chi connectivity index (χ1) is 9.42. The van der Waals surface area contributed by atoms with Crippen molar-refractivity contribution >= 4 is 9.84 Å². The lowest BCUT2D eigenvalue weighted by Crippen LogP contribution is -2.15. The molecule has 0 aliphatic carbocycles. The molecule has 2 aromatic rings. The molecule has 0 unspecified atom stereocenters. The zero-order chi connectivity index (χ0) is 14.8. The summed E-state index contributed by atoms with van der Waals surface area (Å²) >= 11 is 0. The second-order valence-corrected chi connectivity index (χ2v) is 6.49. The lowest BCUT2D eigenvalue weighted by Gasteiger charge is -2.05. The van der Waals surface area contributed by atoms with E-state index in [9.17, 15) is 8.42 Å². The Morgan fingerprint density at radius 3 is 2.40 bits per heavy atom. The second kappa shape index (κ2) is 5.43. The molecule has 0 fully saturated rings. The van der Waals surface area contributed by atoms with Gasteiger partial charge in [-0.3, -0.25) is 0 Å². The van der Waals surface area contributed by atoms with Gasteiger partial charge >= 0.3 is 0 Å². The van der Waals surface area contributed by atoms with Gasteiger partial charge in [-0.1, -0.05) is 0 Å². The Morgan fingerprint density at radius 2 is 1.90 bits per heavy atom. The molecule has 104 valence electrons. The molecule has 0 amide bonds. The first kappa shape index (κ1) is 14.2. The highest BCUT2D eigenvalue weighted by Gasteiger charge is 2.15. The van der Waals surface area contributed by atoms with E-state index in [1.54, 1.807) is 18.5 Å². The quantitative estimate of drug-likeness (QED) is 0.845. The van der Waals surface area contributed by atoms with Crippen LogP contribution in [0.3, 0.4) is 0 Å². The molecule has 0 atom stereocenters. The summed E-state index contributed by atoms with van der Waals surface area (Å²) in [7, 11) is -3.39. The van der Waals surface area contributed by atoms with Crippen molar-refractivity contribution < 1.29 is 8.42 Å². The molecule has 0 aliphatic heterocycles. The summed E-state index contributed by atoms with van der Waals surface area (Å²) in [5, 5.41) is 12.8. The maximum absolute atomic E-state index is 12.2. The van der Waals surface area contributed by atoms with Gasteiger partial charge in [-0.15, -0.1) is 0 Å². The Balaban J connectivity index is 2.15. The summed E-state index contributed by atoms with van der Waals surface area (Å²) in [6, 6.07) is 7.86. The van der Waals surface area contributed by atoms with Gasteiger partial charge in [-0.05, 0) is 38.1 Å². The third-order valence-electron chi connectivity index (χ3n) is 2.88. The normalized spacial score (nSPS) is 11.2. The standard InChI is InChI=1S/C13H14N4O2S/c1-10-15-11(2)17(16-10)7-8-20(18,19)13-5-3-12(9-14)4-6-13/h3-6H,7-8H2,1-2H3. The number of rotatable bonds is 4. The van der Waals surface area contributed by atoms with E-state index in [2.05, 4.69) is 10.1 Å². The Hall–Kier alpha value is -2.20. The van der Waals surface area contributed by atoms with Crippen LogP contribution in [-0.4, -0.2) is 28.9 Å². The molecule has 20 heavy (non-hydrogen) atoms. The number of sulfone groups is 1. The molecule has 0 aliphatic rings. The summed E-state index contributed by atoms with van der Waals surface area (Å²) in [6.45, 7) is 3.81. The Bertz CT molecular complexity index is 755. The predicted molar refractivity (Wildman–Crippen MR) is 72.7 cm³/mol. The van der Waals surface area contributed by atoms with Crippen LogP contribution in [-0.2, 0) is 16.4 Å². The van der Waals surface area contributed by atoms with Crippen molar-refractivity contribution in [2.45, 2.75) is 25.3 Å². The first-order valence-electron chi connectivity index (χ1n) is 6.03. The van der Waals surface area contributed by atoms with E-state index in [0.717, 1.165) is 0 Å². The van der Waals surface area contributed by atoms with E-state index in [0.29, 0.717) is 17.2 Å². The molecule has 1 heterocycles. The molecule has 0 N–H and O–H groups in total. The Morgan fingerprint density at radius 1 is 1.25 bits per heavy atom. The third kappa shape index (κ3) is 3.03. The maximum atomic E-state index is 12.2. The number of nitrogens with zero attached hydrogens (tertiary/aromatic N) is 4. The topological polar surface area (TPSA) is 88.6 Å².